The smallest absolute Gasteiger partial charge is 0.170 e. The lowest BCUT2D eigenvalue weighted by atomic mass is 10.1. The Kier molecular flexibility index (Phi) is 4.10. The van der Waals surface area contributed by atoms with E-state index in [2.05, 4.69) is 5.16 Å². The Balaban J connectivity index is 2.21. The zero-order valence-corrected chi connectivity index (χ0v) is 11.4. The second kappa shape index (κ2) is 5.97. The number of hydrogen-bond donors (Lipinski definition) is 2. The molecule has 104 valence electrons. The minimum absolute atomic E-state index is 0.101. The van der Waals surface area contributed by atoms with Crippen molar-refractivity contribution in [1.29, 1.82) is 0 Å². The molecule has 0 aliphatic carbocycles. The molecule has 0 aliphatic heterocycles. The van der Waals surface area contributed by atoms with Gasteiger partial charge in [0.2, 0.25) is 0 Å². The highest BCUT2D eigenvalue weighted by Gasteiger charge is 2.05. The third-order valence-electron chi connectivity index (χ3n) is 3.12. The number of rotatable bonds is 4. The van der Waals surface area contributed by atoms with Crippen LogP contribution in [0.1, 0.15) is 5.56 Å². The van der Waals surface area contributed by atoms with E-state index in [1.54, 1.807) is 7.11 Å². The zero-order valence-electron chi connectivity index (χ0n) is 11.4. The second-order valence-electron chi connectivity index (χ2n) is 4.29. The Morgan fingerprint density at radius 2 is 1.55 bits per heavy atom. The summed E-state index contributed by atoms with van der Waals surface area (Å²) in [5.74, 6) is 0.924. The van der Waals surface area contributed by atoms with Gasteiger partial charge >= 0.3 is 0 Å². The van der Waals surface area contributed by atoms with Crippen molar-refractivity contribution in [2.24, 2.45) is 10.9 Å². The van der Waals surface area contributed by atoms with Gasteiger partial charge in [-0.05, 0) is 48.5 Å². The normalized spacial score (nSPS) is 11.2. The van der Waals surface area contributed by atoms with Crippen molar-refractivity contribution in [3.63, 3.8) is 0 Å². The molecular formula is C15H17N3O2. The number of nitrogens with two attached hydrogens (primary N) is 1. The van der Waals surface area contributed by atoms with E-state index in [1.807, 2.05) is 60.5 Å². The number of benzene rings is 2. The van der Waals surface area contributed by atoms with Crippen molar-refractivity contribution in [2.45, 2.75) is 0 Å². The molecular weight excluding hydrogens is 254 g/mol. The van der Waals surface area contributed by atoms with Gasteiger partial charge in [0.15, 0.2) is 5.84 Å². The summed E-state index contributed by atoms with van der Waals surface area (Å²) in [4.78, 5) is 2.04. The average Bonchev–Trinajstić information content (AvgIpc) is 2.53. The minimum Gasteiger partial charge on any atom is -0.497 e. The van der Waals surface area contributed by atoms with Gasteiger partial charge in [0, 0.05) is 24.0 Å². The van der Waals surface area contributed by atoms with Crippen LogP contribution in [0.2, 0.25) is 0 Å². The van der Waals surface area contributed by atoms with Crippen LogP contribution < -0.4 is 15.4 Å². The first-order chi connectivity index (χ1) is 9.65. The lowest BCUT2D eigenvalue weighted by Crippen LogP contribution is -2.14. The maximum absolute atomic E-state index is 8.63. The Labute approximate surface area is 117 Å². The van der Waals surface area contributed by atoms with Crippen molar-refractivity contribution in [3.05, 3.63) is 54.1 Å². The Morgan fingerprint density at radius 3 is 2.00 bits per heavy atom. The van der Waals surface area contributed by atoms with Crippen molar-refractivity contribution in [1.82, 2.24) is 0 Å². The molecule has 2 aromatic rings. The Bertz CT molecular complexity index is 592. The minimum atomic E-state index is 0.101. The topological polar surface area (TPSA) is 71.1 Å². The van der Waals surface area contributed by atoms with E-state index in [0.29, 0.717) is 5.56 Å². The van der Waals surface area contributed by atoms with Gasteiger partial charge < -0.3 is 20.6 Å². The van der Waals surface area contributed by atoms with Crippen molar-refractivity contribution >= 4 is 17.2 Å². The van der Waals surface area contributed by atoms with E-state index < -0.39 is 0 Å². The molecule has 0 heterocycles. The van der Waals surface area contributed by atoms with Gasteiger partial charge in [0.05, 0.1) is 7.11 Å². The van der Waals surface area contributed by atoms with E-state index in [9.17, 15) is 0 Å². The lowest BCUT2D eigenvalue weighted by molar-refractivity contribution is 0.318. The molecule has 0 fully saturated rings. The fraction of sp³-hybridized carbons (Fsp3) is 0.133. The number of anilines is 2. The summed E-state index contributed by atoms with van der Waals surface area (Å²) in [5, 5.41) is 11.6. The summed E-state index contributed by atoms with van der Waals surface area (Å²) in [7, 11) is 3.62. The first kappa shape index (κ1) is 13.7. The molecule has 2 aromatic carbocycles. The lowest BCUT2D eigenvalue weighted by Gasteiger charge is -2.20. The standard InChI is InChI=1S/C15H17N3O2/c1-18(13-7-9-14(20-2)10-8-13)12-5-3-11(4-6-12)15(16)17-19/h3-10,19H,1-2H3,(H2,16,17). The van der Waals surface area contributed by atoms with Gasteiger partial charge in [0.1, 0.15) is 5.75 Å². The highest BCUT2D eigenvalue weighted by Crippen LogP contribution is 2.25. The van der Waals surface area contributed by atoms with Crippen LogP contribution >= 0.6 is 0 Å². The molecule has 0 spiro atoms. The van der Waals surface area contributed by atoms with Crippen molar-refractivity contribution in [2.75, 3.05) is 19.1 Å². The molecule has 0 radical (unpaired) electrons. The Hall–Kier alpha value is -2.69. The van der Waals surface area contributed by atoms with Crippen LogP contribution in [0.25, 0.3) is 0 Å². The monoisotopic (exact) mass is 271 g/mol. The molecule has 0 saturated carbocycles. The van der Waals surface area contributed by atoms with Crippen LogP contribution in [0, 0.1) is 0 Å². The Morgan fingerprint density at radius 1 is 1.05 bits per heavy atom. The van der Waals surface area contributed by atoms with Gasteiger partial charge in [-0.1, -0.05) is 5.16 Å². The number of hydrogen-bond acceptors (Lipinski definition) is 4. The molecule has 0 amide bonds. The maximum Gasteiger partial charge on any atom is 0.170 e. The summed E-state index contributed by atoms with van der Waals surface area (Å²) < 4.78 is 5.14. The summed E-state index contributed by atoms with van der Waals surface area (Å²) >= 11 is 0. The van der Waals surface area contributed by atoms with E-state index in [1.165, 1.54) is 0 Å². The molecule has 0 atom stereocenters. The average molecular weight is 271 g/mol. The van der Waals surface area contributed by atoms with Gasteiger partial charge in [-0.2, -0.15) is 0 Å². The SMILES string of the molecule is COc1ccc(N(C)c2ccc(C(N)=NO)cc2)cc1. The van der Waals surface area contributed by atoms with Crippen molar-refractivity contribution < 1.29 is 9.94 Å². The number of methoxy groups -OCH3 is 1. The van der Waals surface area contributed by atoms with Crippen LogP contribution in [0.15, 0.2) is 53.7 Å². The summed E-state index contributed by atoms with van der Waals surface area (Å²) in [5.41, 5.74) is 8.26. The van der Waals surface area contributed by atoms with Crippen LogP contribution in [-0.2, 0) is 0 Å². The molecule has 0 aromatic heterocycles. The second-order valence-corrected chi connectivity index (χ2v) is 4.29. The summed E-state index contributed by atoms with van der Waals surface area (Å²) in [6.45, 7) is 0. The highest BCUT2D eigenvalue weighted by molar-refractivity contribution is 5.97. The van der Waals surface area contributed by atoms with Crippen LogP contribution in [0.4, 0.5) is 11.4 Å². The number of ether oxygens (including phenoxy) is 1. The summed E-state index contributed by atoms with van der Waals surface area (Å²) in [6.07, 6.45) is 0. The summed E-state index contributed by atoms with van der Waals surface area (Å²) in [6, 6.07) is 15.2. The van der Waals surface area contributed by atoms with E-state index in [4.69, 9.17) is 15.7 Å². The van der Waals surface area contributed by atoms with Crippen LogP contribution in [0.5, 0.6) is 5.75 Å². The molecule has 0 bridgehead atoms. The predicted molar refractivity (Wildman–Crippen MR) is 80.0 cm³/mol. The van der Waals surface area contributed by atoms with E-state index in [0.717, 1.165) is 17.1 Å². The molecule has 0 aliphatic rings. The maximum atomic E-state index is 8.63. The van der Waals surface area contributed by atoms with Crippen LogP contribution in [-0.4, -0.2) is 25.2 Å². The van der Waals surface area contributed by atoms with Gasteiger partial charge in [-0.25, -0.2) is 0 Å². The molecule has 5 heteroatoms. The van der Waals surface area contributed by atoms with E-state index >= 15 is 0 Å². The highest BCUT2D eigenvalue weighted by atomic mass is 16.5. The third-order valence-corrected chi connectivity index (χ3v) is 3.12. The largest absolute Gasteiger partial charge is 0.497 e. The number of oxime groups is 1. The fourth-order valence-corrected chi connectivity index (χ4v) is 1.87. The molecule has 5 nitrogen and oxygen atoms in total. The van der Waals surface area contributed by atoms with E-state index in [-0.39, 0.29) is 5.84 Å². The quantitative estimate of drug-likeness (QED) is 0.388. The first-order valence-corrected chi connectivity index (χ1v) is 6.11. The molecule has 2 rings (SSSR count). The van der Waals surface area contributed by atoms with Gasteiger partial charge in [-0.15, -0.1) is 0 Å². The van der Waals surface area contributed by atoms with Gasteiger partial charge in [0.25, 0.3) is 0 Å². The van der Waals surface area contributed by atoms with Gasteiger partial charge in [-0.3, -0.25) is 0 Å². The molecule has 0 unspecified atom stereocenters. The van der Waals surface area contributed by atoms with Crippen LogP contribution in [0.3, 0.4) is 0 Å². The number of nitrogens with zero attached hydrogens (tertiary/aromatic N) is 2. The first-order valence-electron chi connectivity index (χ1n) is 6.11. The predicted octanol–water partition coefficient (Wildman–Crippen LogP) is 2.56. The third kappa shape index (κ3) is 2.83. The van der Waals surface area contributed by atoms with Crippen molar-refractivity contribution in [3.8, 4) is 5.75 Å². The number of amidine groups is 1. The molecule has 3 N–H and O–H groups in total. The molecule has 20 heavy (non-hydrogen) atoms. The zero-order chi connectivity index (χ0) is 14.5. The fourth-order valence-electron chi connectivity index (χ4n) is 1.87. The molecule has 0 saturated heterocycles.